The Labute approximate surface area is 119 Å². The largest absolute Gasteiger partial charge is 0.428 e. The Bertz CT molecular complexity index is 633. The second-order valence-corrected chi connectivity index (χ2v) is 4.71. The topological polar surface area (TPSA) is 37.3 Å². The van der Waals surface area contributed by atoms with Crippen LogP contribution in [0.1, 0.15) is 12.5 Å². The van der Waals surface area contributed by atoms with Crippen LogP contribution in [0.2, 0.25) is 0 Å². The zero-order valence-electron chi connectivity index (χ0n) is 11.2. The standard InChI is InChI=1S/C16H13F3O2/c1-11(20)15(21,16(17,18)19)14-9-7-13(8-10-14)12-5-3-2-4-6-12/h2-10,21H,1H3. The van der Waals surface area contributed by atoms with Gasteiger partial charge in [-0.05, 0) is 18.1 Å². The fourth-order valence-corrected chi connectivity index (χ4v) is 2.10. The average molecular weight is 294 g/mol. The zero-order chi connectivity index (χ0) is 15.7. The van der Waals surface area contributed by atoms with Crippen molar-refractivity contribution in [1.82, 2.24) is 0 Å². The van der Waals surface area contributed by atoms with Gasteiger partial charge >= 0.3 is 6.18 Å². The molecule has 0 amide bonds. The highest BCUT2D eigenvalue weighted by Gasteiger charge is 2.58. The van der Waals surface area contributed by atoms with Gasteiger partial charge in [-0.1, -0.05) is 54.6 Å². The molecule has 0 heterocycles. The van der Waals surface area contributed by atoms with Gasteiger partial charge in [0.2, 0.25) is 5.60 Å². The summed E-state index contributed by atoms with van der Waals surface area (Å²) in [6.07, 6.45) is -5.06. The highest BCUT2D eigenvalue weighted by molar-refractivity contribution is 5.87. The fourth-order valence-electron chi connectivity index (χ4n) is 2.10. The molecule has 5 heteroatoms. The molecule has 21 heavy (non-hydrogen) atoms. The summed E-state index contributed by atoms with van der Waals surface area (Å²) in [6.45, 7) is 0.721. The lowest BCUT2D eigenvalue weighted by molar-refractivity contribution is -0.254. The summed E-state index contributed by atoms with van der Waals surface area (Å²) in [5.74, 6) is -1.36. The van der Waals surface area contributed by atoms with E-state index >= 15 is 0 Å². The first-order valence-electron chi connectivity index (χ1n) is 6.23. The van der Waals surface area contributed by atoms with Crippen molar-refractivity contribution in [1.29, 1.82) is 0 Å². The molecule has 1 unspecified atom stereocenters. The number of hydrogen-bond acceptors (Lipinski definition) is 2. The quantitative estimate of drug-likeness (QED) is 0.937. The monoisotopic (exact) mass is 294 g/mol. The third-order valence-corrected chi connectivity index (χ3v) is 3.33. The molecule has 0 bridgehead atoms. The van der Waals surface area contributed by atoms with Gasteiger partial charge in [-0.25, -0.2) is 0 Å². The van der Waals surface area contributed by atoms with Crippen molar-refractivity contribution in [2.45, 2.75) is 18.7 Å². The summed E-state index contributed by atoms with van der Waals surface area (Å²) in [5, 5.41) is 9.78. The van der Waals surface area contributed by atoms with Gasteiger partial charge in [-0.2, -0.15) is 13.2 Å². The Balaban J connectivity index is 2.45. The van der Waals surface area contributed by atoms with Crippen molar-refractivity contribution in [3.05, 3.63) is 60.2 Å². The van der Waals surface area contributed by atoms with Gasteiger partial charge < -0.3 is 5.11 Å². The number of hydrogen-bond donors (Lipinski definition) is 1. The Morgan fingerprint density at radius 3 is 1.81 bits per heavy atom. The van der Waals surface area contributed by atoms with Crippen LogP contribution in [0.25, 0.3) is 11.1 Å². The number of carbonyl (C=O) groups excluding carboxylic acids is 1. The fraction of sp³-hybridized carbons (Fsp3) is 0.188. The molecule has 2 rings (SSSR count). The molecule has 0 radical (unpaired) electrons. The van der Waals surface area contributed by atoms with Crippen molar-refractivity contribution >= 4 is 5.78 Å². The molecule has 0 fully saturated rings. The number of carbonyl (C=O) groups is 1. The first-order valence-corrected chi connectivity index (χ1v) is 6.23. The van der Waals surface area contributed by atoms with E-state index < -0.39 is 23.1 Å². The van der Waals surface area contributed by atoms with Gasteiger partial charge in [-0.15, -0.1) is 0 Å². The van der Waals surface area contributed by atoms with Crippen molar-refractivity contribution in [2.24, 2.45) is 0 Å². The van der Waals surface area contributed by atoms with E-state index in [1.165, 1.54) is 12.1 Å². The number of ketones is 1. The number of Topliss-reactive ketones (excluding diaryl/α,β-unsaturated/α-hetero) is 1. The Morgan fingerprint density at radius 2 is 1.38 bits per heavy atom. The van der Waals surface area contributed by atoms with Crippen molar-refractivity contribution in [3.63, 3.8) is 0 Å². The zero-order valence-corrected chi connectivity index (χ0v) is 11.2. The summed E-state index contributed by atoms with van der Waals surface area (Å²) in [5.41, 5.74) is -2.42. The van der Waals surface area contributed by atoms with E-state index in [0.717, 1.165) is 24.6 Å². The molecule has 0 aromatic heterocycles. The molecule has 1 N–H and O–H groups in total. The van der Waals surface area contributed by atoms with Crippen molar-refractivity contribution < 1.29 is 23.1 Å². The van der Waals surface area contributed by atoms with Gasteiger partial charge in [0.05, 0.1) is 0 Å². The summed E-state index contributed by atoms with van der Waals surface area (Å²) in [7, 11) is 0. The molecule has 0 spiro atoms. The predicted octanol–water partition coefficient (Wildman–Crippen LogP) is 3.69. The summed E-state index contributed by atoms with van der Waals surface area (Å²) >= 11 is 0. The lowest BCUT2D eigenvalue weighted by Gasteiger charge is -2.28. The van der Waals surface area contributed by atoms with E-state index in [0.29, 0.717) is 5.56 Å². The van der Waals surface area contributed by atoms with Crippen molar-refractivity contribution in [2.75, 3.05) is 0 Å². The summed E-state index contributed by atoms with van der Waals surface area (Å²) < 4.78 is 39.0. The summed E-state index contributed by atoms with van der Waals surface area (Å²) in [4.78, 5) is 11.3. The van der Waals surface area contributed by atoms with E-state index in [2.05, 4.69) is 0 Å². The number of halogens is 3. The number of alkyl halides is 3. The molecule has 2 aromatic rings. The molecule has 110 valence electrons. The van der Waals surface area contributed by atoms with Crippen LogP contribution < -0.4 is 0 Å². The van der Waals surface area contributed by atoms with Crippen LogP contribution in [0.3, 0.4) is 0 Å². The van der Waals surface area contributed by atoms with E-state index in [1.54, 1.807) is 0 Å². The predicted molar refractivity (Wildman–Crippen MR) is 72.5 cm³/mol. The van der Waals surface area contributed by atoms with Gasteiger partial charge in [0.25, 0.3) is 0 Å². The van der Waals surface area contributed by atoms with Gasteiger partial charge in [0.1, 0.15) is 0 Å². The Morgan fingerprint density at radius 1 is 0.905 bits per heavy atom. The molecular formula is C16H13F3O2. The van der Waals surface area contributed by atoms with Gasteiger partial charge in [0.15, 0.2) is 5.78 Å². The molecule has 0 aliphatic rings. The highest BCUT2D eigenvalue weighted by atomic mass is 19.4. The highest BCUT2D eigenvalue weighted by Crippen LogP contribution is 2.40. The molecule has 2 nitrogen and oxygen atoms in total. The average Bonchev–Trinajstić information content (AvgIpc) is 2.46. The molecular weight excluding hydrogens is 281 g/mol. The normalized spacial score (nSPS) is 14.5. The maximum atomic E-state index is 13.0. The van der Waals surface area contributed by atoms with Crippen molar-refractivity contribution in [3.8, 4) is 11.1 Å². The minimum absolute atomic E-state index is 0.484. The van der Waals surface area contributed by atoms with E-state index in [4.69, 9.17) is 0 Å². The van der Waals surface area contributed by atoms with Crippen LogP contribution in [0, 0.1) is 0 Å². The Kier molecular flexibility index (Phi) is 3.87. The van der Waals surface area contributed by atoms with Gasteiger partial charge in [-0.3, -0.25) is 4.79 Å². The molecule has 1 atom stereocenters. The number of aliphatic hydroxyl groups is 1. The first-order chi connectivity index (χ1) is 9.76. The van der Waals surface area contributed by atoms with Crippen LogP contribution >= 0.6 is 0 Å². The van der Waals surface area contributed by atoms with Crippen LogP contribution in [0.5, 0.6) is 0 Å². The second kappa shape index (κ2) is 5.33. The molecule has 0 saturated carbocycles. The minimum atomic E-state index is -5.06. The molecule has 0 aliphatic carbocycles. The molecule has 2 aromatic carbocycles. The van der Waals surface area contributed by atoms with Crippen LogP contribution in [-0.2, 0) is 10.4 Å². The Hall–Kier alpha value is -2.14. The first kappa shape index (κ1) is 15.3. The maximum absolute atomic E-state index is 13.0. The second-order valence-electron chi connectivity index (χ2n) is 4.71. The lowest BCUT2D eigenvalue weighted by atomic mass is 9.88. The molecule has 0 saturated heterocycles. The van der Waals surface area contributed by atoms with Crippen LogP contribution in [0.4, 0.5) is 13.2 Å². The summed E-state index contributed by atoms with van der Waals surface area (Å²) in [6, 6.07) is 14.2. The third kappa shape index (κ3) is 2.69. The molecule has 0 aliphatic heterocycles. The lowest BCUT2D eigenvalue weighted by Crippen LogP contribution is -2.48. The van der Waals surface area contributed by atoms with E-state index in [9.17, 15) is 23.1 Å². The van der Waals surface area contributed by atoms with Crippen LogP contribution in [-0.4, -0.2) is 17.1 Å². The van der Waals surface area contributed by atoms with Gasteiger partial charge in [0, 0.05) is 5.56 Å². The number of benzene rings is 2. The van der Waals surface area contributed by atoms with E-state index in [-0.39, 0.29) is 0 Å². The smallest absolute Gasteiger partial charge is 0.370 e. The SMILES string of the molecule is CC(=O)C(O)(c1ccc(-c2ccccc2)cc1)C(F)(F)F. The third-order valence-electron chi connectivity index (χ3n) is 3.33. The maximum Gasteiger partial charge on any atom is 0.428 e. The number of rotatable bonds is 3. The minimum Gasteiger partial charge on any atom is -0.370 e. The van der Waals surface area contributed by atoms with Crippen LogP contribution in [0.15, 0.2) is 54.6 Å². The van der Waals surface area contributed by atoms with E-state index in [1.807, 2.05) is 30.3 Å².